The zero-order chi connectivity index (χ0) is 19.4. The van der Waals surface area contributed by atoms with Gasteiger partial charge in [0.05, 0.1) is 12.1 Å². The molecule has 8 nitrogen and oxygen atoms in total. The summed E-state index contributed by atoms with van der Waals surface area (Å²) in [5.74, 6) is -0.426. The number of fused-ring (bicyclic) bond motifs is 2. The van der Waals surface area contributed by atoms with E-state index in [0.717, 1.165) is 16.7 Å². The molecule has 5 rings (SSSR count). The van der Waals surface area contributed by atoms with Gasteiger partial charge in [0.25, 0.3) is 5.91 Å². The number of carbonyl (C=O) groups excluding carboxylic acids is 4. The number of hydrogen-bond acceptors (Lipinski definition) is 5. The number of amides is 4. The molecule has 0 spiro atoms. The molecule has 4 heterocycles. The number of anilines is 1. The predicted molar refractivity (Wildman–Crippen MR) is 98.1 cm³/mol. The minimum Gasteiger partial charge on any atom is -0.322 e. The second kappa shape index (κ2) is 5.98. The van der Waals surface area contributed by atoms with Gasteiger partial charge in [-0.15, -0.1) is 0 Å². The van der Waals surface area contributed by atoms with Gasteiger partial charge in [0.2, 0.25) is 17.7 Å². The zero-order valence-electron chi connectivity index (χ0n) is 14.8. The number of hydrogen-bond donors (Lipinski definition) is 2. The van der Waals surface area contributed by atoms with Gasteiger partial charge >= 0.3 is 0 Å². The highest BCUT2D eigenvalue weighted by atomic mass is 16.2. The van der Waals surface area contributed by atoms with Crippen LogP contribution in [-0.4, -0.2) is 39.6 Å². The lowest BCUT2D eigenvalue weighted by Crippen LogP contribution is -2.52. The van der Waals surface area contributed by atoms with E-state index in [2.05, 4.69) is 15.6 Å². The highest BCUT2D eigenvalue weighted by Gasteiger charge is 2.39. The van der Waals surface area contributed by atoms with Gasteiger partial charge in [0, 0.05) is 29.7 Å². The zero-order valence-corrected chi connectivity index (χ0v) is 14.8. The minimum atomic E-state index is -0.630. The van der Waals surface area contributed by atoms with Crippen molar-refractivity contribution in [2.45, 2.75) is 31.8 Å². The molecular formula is C20H16N4O4. The number of piperidine rings is 1. The molecule has 4 amide bonds. The van der Waals surface area contributed by atoms with Crippen LogP contribution in [0, 0.1) is 0 Å². The van der Waals surface area contributed by atoms with Gasteiger partial charge in [-0.25, -0.2) is 4.98 Å². The molecule has 2 aromatic rings. The third kappa shape index (κ3) is 2.57. The first-order chi connectivity index (χ1) is 13.5. The van der Waals surface area contributed by atoms with E-state index in [9.17, 15) is 19.2 Å². The van der Waals surface area contributed by atoms with Crippen molar-refractivity contribution in [3.63, 3.8) is 0 Å². The molecule has 0 aliphatic carbocycles. The maximum absolute atomic E-state index is 12.8. The van der Waals surface area contributed by atoms with E-state index >= 15 is 0 Å². The molecule has 1 atom stereocenters. The summed E-state index contributed by atoms with van der Waals surface area (Å²) in [5.41, 5.74) is 3.78. The Hall–Kier alpha value is -3.55. The summed E-state index contributed by atoms with van der Waals surface area (Å²) in [6.45, 7) is 0.315. The Morgan fingerprint density at radius 1 is 0.964 bits per heavy atom. The monoisotopic (exact) mass is 376 g/mol. The topological polar surface area (TPSA) is 108 Å². The Morgan fingerprint density at radius 2 is 1.82 bits per heavy atom. The molecule has 1 saturated heterocycles. The minimum absolute atomic E-state index is 0.0703. The van der Waals surface area contributed by atoms with Crippen molar-refractivity contribution in [2.75, 3.05) is 5.32 Å². The quantitative estimate of drug-likeness (QED) is 0.761. The van der Waals surface area contributed by atoms with E-state index in [-0.39, 0.29) is 24.1 Å². The van der Waals surface area contributed by atoms with Crippen LogP contribution in [0.1, 0.15) is 34.3 Å². The van der Waals surface area contributed by atoms with Crippen molar-refractivity contribution in [1.29, 1.82) is 0 Å². The molecule has 3 aliphatic heterocycles. The molecule has 0 radical (unpaired) electrons. The maximum atomic E-state index is 12.8. The largest absolute Gasteiger partial charge is 0.322 e. The molecule has 140 valence electrons. The maximum Gasteiger partial charge on any atom is 0.255 e. The van der Waals surface area contributed by atoms with E-state index in [0.29, 0.717) is 36.5 Å². The van der Waals surface area contributed by atoms with Gasteiger partial charge in [-0.1, -0.05) is 12.1 Å². The van der Waals surface area contributed by atoms with Crippen LogP contribution in [-0.2, 0) is 27.3 Å². The molecule has 1 aromatic heterocycles. The Morgan fingerprint density at radius 3 is 2.64 bits per heavy atom. The van der Waals surface area contributed by atoms with Crippen LogP contribution < -0.4 is 10.6 Å². The van der Waals surface area contributed by atoms with Gasteiger partial charge in [-0.2, -0.15) is 0 Å². The molecular weight excluding hydrogens is 360 g/mol. The Balaban J connectivity index is 1.43. The number of benzene rings is 1. The molecule has 2 N–H and O–H groups in total. The molecule has 28 heavy (non-hydrogen) atoms. The van der Waals surface area contributed by atoms with Gasteiger partial charge in [0.1, 0.15) is 11.9 Å². The summed E-state index contributed by atoms with van der Waals surface area (Å²) in [6.07, 6.45) is 0.901. The first-order valence-electron chi connectivity index (χ1n) is 9.07. The third-order valence-electron chi connectivity index (χ3n) is 5.41. The summed E-state index contributed by atoms with van der Waals surface area (Å²) in [5, 5.41) is 5.04. The van der Waals surface area contributed by atoms with Crippen molar-refractivity contribution in [3.05, 3.63) is 47.0 Å². The van der Waals surface area contributed by atoms with E-state index in [1.807, 2.05) is 24.3 Å². The number of nitrogens with one attached hydrogen (secondary N) is 2. The van der Waals surface area contributed by atoms with Crippen molar-refractivity contribution >= 4 is 29.4 Å². The molecule has 1 unspecified atom stereocenters. The van der Waals surface area contributed by atoms with Gasteiger partial charge in [-0.3, -0.25) is 24.5 Å². The average molecular weight is 376 g/mol. The van der Waals surface area contributed by atoms with Gasteiger partial charge in [-0.05, 0) is 30.2 Å². The highest BCUT2D eigenvalue weighted by Crippen LogP contribution is 2.32. The number of rotatable bonds is 2. The standard InChI is InChI=1S/C20H16N4O4/c25-16-6-5-15(19(27)23-16)24-9-12-7-10(1-3-13(12)20(24)28)14-4-2-11-8-17(26)22-18(11)21-14/h1-4,7,15H,5-6,8-9H2,(H,21,22,26)(H,23,25,27). The summed E-state index contributed by atoms with van der Waals surface area (Å²) in [7, 11) is 0. The van der Waals surface area contributed by atoms with Crippen LogP contribution in [0.15, 0.2) is 30.3 Å². The number of carbonyl (C=O) groups is 4. The highest BCUT2D eigenvalue weighted by molar-refractivity contribution is 6.05. The number of pyridine rings is 1. The lowest BCUT2D eigenvalue weighted by Gasteiger charge is -2.29. The SMILES string of the molecule is O=C1CCC(N2Cc3cc(-c4ccc5c(n4)NC(=O)C5)ccc3C2=O)C(=O)N1. The lowest BCUT2D eigenvalue weighted by molar-refractivity contribution is -0.137. The third-order valence-corrected chi connectivity index (χ3v) is 5.41. The van der Waals surface area contributed by atoms with Crippen molar-refractivity contribution in [3.8, 4) is 11.3 Å². The molecule has 0 saturated carbocycles. The van der Waals surface area contributed by atoms with Crippen molar-refractivity contribution < 1.29 is 19.2 Å². The number of aromatic nitrogens is 1. The van der Waals surface area contributed by atoms with E-state index in [1.54, 1.807) is 6.07 Å². The number of imide groups is 1. The van der Waals surface area contributed by atoms with Gasteiger partial charge < -0.3 is 10.2 Å². The van der Waals surface area contributed by atoms with Crippen molar-refractivity contribution in [2.24, 2.45) is 0 Å². The first kappa shape index (κ1) is 16.6. The summed E-state index contributed by atoms with van der Waals surface area (Å²) < 4.78 is 0. The van der Waals surface area contributed by atoms with Crippen LogP contribution in [0.4, 0.5) is 5.82 Å². The van der Waals surface area contributed by atoms with Crippen LogP contribution in [0.2, 0.25) is 0 Å². The van der Waals surface area contributed by atoms with Crippen LogP contribution in [0.25, 0.3) is 11.3 Å². The van der Waals surface area contributed by atoms with Gasteiger partial charge in [0.15, 0.2) is 0 Å². The summed E-state index contributed by atoms with van der Waals surface area (Å²) >= 11 is 0. The lowest BCUT2D eigenvalue weighted by atomic mass is 10.0. The molecule has 1 fully saturated rings. The summed E-state index contributed by atoms with van der Waals surface area (Å²) in [4.78, 5) is 53.8. The van der Waals surface area contributed by atoms with E-state index in [4.69, 9.17) is 0 Å². The van der Waals surface area contributed by atoms with Crippen LogP contribution >= 0.6 is 0 Å². The molecule has 0 bridgehead atoms. The second-order valence-electron chi connectivity index (χ2n) is 7.20. The van der Waals surface area contributed by atoms with E-state index < -0.39 is 11.9 Å². The van der Waals surface area contributed by atoms with E-state index in [1.165, 1.54) is 4.90 Å². The first-order valence-corrected chi connectivity index (χ1v) is 9.07. The van der Waals surface area contributed by atoms with Crippen LogP contribution in [0.3, 0.4) is 0 Å². The molecule has 1 aromatic carbocycles. The Labute approximate surface area is 159 Å². The fraction of sp³-hybridized carbons (Fsp3) is 0.250. The predicted octanol–water partition coefficient (Wildman–Crippen LogP) is 1.00. The second-order valence-corrected chi connectivity index (χ2v) is 7.20. The average Bonchev–Trinajstić information content (AvgIpc) is 3.20. The Kier molecular flexibility index (Phi) is 3.55. The Bertz CT molecular complexity index is 1080. The fourth-order valence-corrected chi connectivity index (χ4v) is 3.98. The normalized spacial score (nSPS) is 20.7. The smallest absolute Gasteiger partial charge is 0.255 e. The molecule has 3 aliphatic rings. The number of nitrogens with zero attached hydrogens (tertiary/aromatic N) is 2. The summed E-state index contributed by atoms with van der Waals surface area (Å²) in [6, 6.07) is 8.56. The molecule has 8 heteroatoms. The fourth-order valence-electron chi connectivity index (χ4n) is 3.98. The van der Waals surface area contributed by atoms with Crippen molar-refractivity contribution in [1.82, 2.24) is 15.2 Å². The van der Waals surface area contributed by atoms with Crippen LogP contribution in [0.5, 0.6) is 0 Å².